The monoisotopic (exact) mass is 439 g/mol. The van der Waals surface area contributed by atoms with Gasteiger partial charge in [-0.05, 0) is 43.5 Å². The van der Waals surface area contributed by atoms with Crippen molar-refractivity contribution in [1.29, 1.82) is 5.26 Å². The number of amides is 1. The number of hydrazone groups is 1. The van der Waals surface area contributed by atoms with Gasteiger partial charge in [-0.15, -0.1) is 0 Å². The van der Waals surface area contributed by atoms with E-state index in [2.05, 4.69) is 16.1 Å². The topological polar surface area (TPSA) is 124 Å². The highest BCUT2D eigenvalue weighted by Gasteiger charge is 2.20. The van der Waals surface area contributed by atoms with Crippen LogP contribution in [-0.2, 0) is 11.2 Å². The average Bonchev–Trinajstić information content (AvgIpc) is 2.82. The Kier molecular flexibility index (Phi) is 10.2. The van der Waals surface area contributed by atoms with Crippen LogP contribution in [0.1, 0.15) is 30.9 Å². The van der Waals surface area contributed by atoms with Crippen molar-refractivity contribution in [2.24, 2.45) is 16.8 Å². The predicted molar refractivity (Wildman–Crippen MR) is 125 cm³/mol. The molecule has 1 heterocycles. The van der Waals surface area contributed by atoms with Crippen molar-refractivity contribution in [1.82, 2.24) is 14.8 Å². The number of allylic oxidation sites excluding steroid dienone is 3. The zero-order valence-corrected chi connectivity index (χ0v) is 18.9. The molecular formula is C23H33N7O2. The molecule has 0 saturated carbocycles. The van der Waals surface area contributed by atoms with E-state index in [4.69, 9.17) is 16.4 Å². The molecule has 1 aliphatic heterocycles. The number of hydrogen-bond acceptors (Lipinski definition) is 7. The van der Waals surface area contributed by atoms with Gasteiger partial charge in [-0.3, -0.25) is 14.7 Å². The highest BCUT2D eigenvalue weighted by Crippen LogP contribution is 2.19. The number of piperazine rings is 1. The molecule has 1 amide bonds. The number of hydrazine groups is 1. The second-order valence-corrected chi connectivity index (χ2v) is 7.45. The summed E-state index contributed by atoms with van der Waals surface area (Å²) in [4.78, 5) is 16.8. The SMILES string of the molecule is C/C=C(\C=C/CCC(=O)N1CCN(CCc2ccc(OC)c(C#N)c2)CC1)N(N)/C=N\N. The molecule has 2 rings (SSSR count). The van der Waals surface area contributed by atoms with Crippen LogP contribution in [-0.4, -0.2) is 66.9 Å². The number of rotatable bonds is 10. The van der Waals surface area contributed by atoms with E-state index in [0.29, 0.717) is 24.2 Å². The maximum Gasteiger partial charge on any atom is 0.222 e. The van der Waals surface area contributed by atoms with E-state index in [1.54, 1.807) is 7.11 Å². The molecule has 0 radical (unpaired) electrons. The third-order valence-electron chi connectivity index (χ3n) is 5.42. The summed E-state index contributed by atoms with van der Waals surface area (Å²) in [5.41, 5.74) is 2.42. The van der Waals surface area contributed by atoms with Crippen molar-refractivity contribution < 1.29 is 9.53 Å². The fourth-order valence-corrected chi connectivity index (χ4v) is 3.54. The lowest BCUT2D eigenvalue weighted by Gasteiger charge is -2.34. The van der Waals surface area contributed by atoms with E-state index in [0.717, 1.165) is 50.4 Å². The van der Waals surface area contributed by atoms with Crippen LogP contribution in [0, 0.1) is 11.3 Å². The molecule has 1 aliphatic rings. The van der Waals surface area contributed by atoms with Crippen LogP contribution < -0.4 is 16.4 Å². The van der Waals surface area contributed by atoms with E-state index in [9.17, 15) is 10.1 Å². The number of hydrogen-bond donors (Lipinski definition) is 2. The Morgan fingerprint density at radius 2 is 2.09 bits per heavy atom. The van der Waals surface area contributed by atoms with Crippen molar-refractivity contribution in [2.45, 2.75) is 26.2 Å². The summed E-state index contributed by atoms with van der Waals surface area (Å²) in [5.74, 6) is 11.7. The molecular weight excluding hydrogens is 406 g/mol. The Labute approximate surface area is 190 Å². The Morgan fingerprint density at radius 1 is 1.34 bits per heavy atom. The first-order chi connectivity index (χ1) is 15.5. The Morgan fingerprint density at radius 3 is 2.72 bits per heavy atom. The van der Waals surface area contributed by atoms with Gasteiger partial charge < -0.3 is 15.5 Å². The Balaban J connectivity index is 1.73. The van der Waals surface area contributed by atoms with Crippen LogP contribution >= 0.6 is 0 Å². The molecule has 9 heteroatoms. The molecule has 172 valence electrons. The number of carbonyl (C=O) groups excluding carboxylic acids is 1. The van der Waals surface area contributed by atoms with Crippen molar-refractivity contribution in [3.05, 3.63) is 53.3 Å². The number of carbonyl (C=O) groups is 1. The minimum Gasteiger partial charge on any atom is -0.495 e. The molecule has 4 N–H and O–H groups in total. The van der Waals surface area contributed by atoms with Crippen molar-refractivity contribution in [2.75, 3.05) is 39.8 Å². The average molecular weight is 440 g/mol. The van der Waals surface area contributed by atoms with E-state index in [1.165, 1.54) is 11.3 Å². The van der Waals surface area contributed by atoms with Gasteiger partial charge in [-0.25, -0.2) is 5.84 Å². The van der Waals surface area contributed by atoms with E-state index in [-0.39, 0.29) is 5.91 Å². The molecule has 32 heavy (non-hydrogen) atoms. The van der Waals surface area contributed by atoms with Gasteiger partial charge in [-0.2, -0.15) is 10.4 Å². The first-order valence-electron chi connectivity index (χ1n) is 10.7. The predicted octanol–water partition coefficient (Wildman–Crippen LogP) is 1.57. The smallest absolute Gasteiger partial charge is 0.222 e. The Hall–Kier alpha value is -3.35. The number of nitrogens with two attached hydrogens (primary N) is 2. The molecule has 0 unspecified atom stereocenters. The molecule has 1 aromatic carbocycles. The van der Waals surface area contributed by atoms with Gasteiger partial charge in [-0.1, -0.05) is 18.2 Å². The molecule has 1 aromatic rings. The number of nitrogens with zero attached hydrogens (tertiary/aromatic N) is 5. The normalized spacial score (nSPS) is 15.3. The standard InChI is InChI=1S/C23H33N7O2/c1-3-21(30(26)18-27-25)6-4-5-7-23(31)29-14-12-28(13-15-29)11-10-19-8-9-22(32-2)20(16-19)17-24/h3-4,6,8-9,16,18H,5,7,10-15,25-26H2,1-2H3/b6-4-,21-3+,27-18-. The number of methoxy groups -OCH3 is 1. The number of nitriles is 1. The minimum atomic E-state index is 0.165. The summed E-state index contributed by atoms with van der Waals surface area (Å²) in [5, 5.41) is 13.9. The maximum absolute atomic E-state index is 12.5. The van der Waals surface area contributed by atoms with Crippen LogP contribution in [0.4, 0.5) is 0 Å². The highest BCUT2D eigenvalue weighted by molar-refractivity contribution is 5.76. The fraction of sp³-hybridized carbons (Fsp3) is 0.435. The third kappa shape index (κ3) is 7.41. The highest BCUT2D eigenvalue weighted by atomic mass is 16.5. The van der Waals surface area contributed by atoms with Crippen molar-refractivity contribution in [3.8, 4) is 11.8 Å². The summed E-state index contributed by atoms with van der Waals surface area (Å²) in [6.07, 6.45) is 8.90. The first-order valence-corrected chi connectivity index (χ1v) is 10.7. The van der Waals surface area contributed by atoms with E-state index in [1.807, 2.05) is 48.3 Å². The molecule has 1 saturated heterocycles. The molecule has 0 spiro atoms. The molecule has 0 aliphatic carbocycles. The zero-order chi connectivity index (χ0) is 23.3. The minimum absolute atomic E-state index is 0.165. The summed E-state index contributed by atoms with van der Waals surface area (Å²) in [6, 6.07) is 7.90. The number of ether oxygens (including phenoxy) is 1. The summed E-state index contributed by atoms with van der Waals surface area (Å²) >= 11 is 0. The maximum atomic E-state index is 12.5. The lowest BCUT2D eigenvalue weighted by Crippen LogP contribution is -2.49. The second-order valence-electron chi connectivity index (χ2n) is 7.45. The third-order valence-corrected chi connectivity index (χ3v) is 5.42. The van der Waals surface area contributed by atoms with Crippen LogP contribution in [0.15, 0.2) is 47.2 Å². The molecule has 0 atom stereocenters. The zero-order valence-electron chi connectivity index (χ0n) is 18.9. The van der Waals surface area contributed by atoms with Gasteiger partial charge in [0.1, 0.15) is 18.2 Å². The first kappa shape index (κ1) is 24.9. The lowest BCUT2D eigenvalue weighted by molar-refractivity contribution is -0.132. The largest absolute Gasteiger partial charge is 0.495 e. The summed E-state index contributed by atoms with van der Waals surface area (Å²) in [7, 11) is 1.57. The van der Waals surface area contributed by atoms with Gasteiger partial charge in [0.25, 0.3) is 0 Å². The molecule has 0 bridgehead atoms. The fourth-order valence-electron chi connectivity index (χ4n) is 3.54. The molecule has 9 nitrogen and oxygen atoms in total. The van der Waals surface area contributed by atoms with E-state index >= 15 is 0 Å². The van der Waals surface area contributed by atoms with Crippen LogP contribution in [0.25, 0.3) is 0 Å². The second kappa shape index (κ2) is 13.1. The van der Waals surface area contributed by atoms with Crippen LogP contribution in [0.3, 0.4) is 0 Å². The quantitative estimate of drug-likeness (QED) is 0.186. The Bertz CT molecular complexity index is 881. The van der Waals surface area contributed by atoms with Gasteiger partial charge in [0.05, 0.1) is 18.4 Å². The number of benzene rings is 1. The summed E-state index contributed by atoms with van der Waals surface area (Å²) < 4.78 is 5.20. The van der Waals surface area contributed by atoms with Gasteiger partial charge in [0.2, 0.25) is 5.91 Å². The van der Waals surface area contributed by atoms with Crippen LogP contribution in [0.2, 0.25) is 0 Å². The van der Waals surface area contributed by atoms with Crippen molar-refractivity contribution >= 4 is 12.2 Å². The van der Waals surface area contributed by atoms with Gasteiger partial charge in [0.15, 0.2) is 0 Å². The summed E-state index contributed by atoms with van der Waals surface area (Å²) in [6.45, 7) is 5.94. The molecule has 0 aromatic heterocycles. The van der Waals surface area contributed by atoms with Gasteiger partial charge >= 0.3 is 0 Å². The van der Waals surface area contributed by atoms with E-state index < -0.39 is 0 Å². The lowest BCUT2D eigenvalue weighted by atomic mass is 10.1. The molecule has 1 fully saturated rings. The van der Waals surface area contributed by atoms with Crippen molar-refractivity contribution in [3.63, 3.8) is 0 Å². The van der Waals surface area contributed by atoms with Gasteiger partial charge in [0, 0.05) is 39.1 Å². The van der Waals surface area contributed by atoms with Crippen LogP contribution in [0.5, 0.6) is 5.75 Å².